The van der Waals surface area contributed by atoms with Crippen LogP contribution in [0.3, 0.4) is 0 Å². The normalized spacial score (nSPS) is 17.5. The summed E-state index contributed by atoms with van der Waals surface area (Å²) in [5, 5.41) is 3.65. The second-order valence-corrected chi connectivity index (χ2v) is 5.23. The smallest absolute Gasteiger partial charge is 0.252 e. The van der Waals surface area contributed by atoms with Crippen molar-refractivity contribution in [2.75, 3.05) is 13.7 Å². The van der Waals surface area contributed by atoms with Gasteiger partial charge in [-0.25, -0.2) is 0 Å². The summed E-state index contributed by atoms with van der Waals surface area (Å²) in [6.07, 6.45) is 3.03. The Labute approximate surface area is 126 Å². The van der Waals surface area contributed by atoms with Gasteiger partial charge in [-0.1, -0.05) is 0 Å². The second kappa shape index (κ2) is 5.59. The minimum Gasteiger partial charge on any atom is -0.496 e. The number of H-pyrrole nitrogens is 1. The Morgan fingerprint density at radius 3 is 2.86 bits per heavy atom. The van der Waals surface area contributed by atoms with Crippen molar-refractivity contribution in [3.8, 4) is 11.5 Å². The molecule has 1 aliphatic rings. The second-order valence-electron chi connectivity index (χ2n) is 5.23. The molecule has 3 rings (SSSR count). The fourth-order valence-corrected chi connectivity index (χ4v) is 2.60. The molecule has 116 valence electrons. The van der Waals surface area contributed by atoms with Crippen molar-refractivity contribution < 1.29 is 19.1 Å². The minimum absolute atomic E-state index is 0.0317. The number of fused-ring (bicyclic) bond motifs is 1. The first-order valence-electron chi connectivity index (χ1n) is 6.99. The Hall–Kier alpha value is -2.70. The van der Waals surface area contributed by atoms with Gasteiger partial charge in [0.2, 0.25) is 5.91 Å². The highest BCUT2D eigenvalue weighted by Crippen LogP contribution is 2.32. The van der Waals surface area contributed by atoms with E-state index in [2.05, 4.69) is 10.3 Å². The Morgan fingerprint density at radius 1 is 1.41 bits per heavy atom. The third-order valence-corrected chi connectivity index (χ3v) is 3.75. The zero-order chi connectivity index (χ0) is 15.7. The molecule has 1 saturated heterocycles. The molecular weight excluding hydrogens is 286 g/mol. The maximum Gasteiger partial charge on any atom is 0.252 e. The number of carbonyl (C=O) groups excluding carboxylic acids is 2. The van der Waals surface area contributed by atoms with Crippen LogP contribution in [0, 0.1) is 0 Å². The van der Waals surface area contributed by atoms with Crippen LogP contribution in [-0.2, 0) is 4.79 Å². The Bertz CT molecular complexity index is 738. The summed E-state index contributed by atoms with van der Waals surface area (Å²) in [6.45, 7) is 0.401. The number of carbonyl (C=O) groups is 2. The number of nitrogens with one attached hydrogen (secondary N) is 2. The molecule has 1 aromatic heterocycles. The molecule has 7 nitrogen and oxygen atoms in total. The zero-order valence-corrected chi connectivity index (χ0v) is 12.1. The van der Waals surface area contributed by atoms with Gasteiger partial charge in [-0.3, -0.25) is 9.59 Å². The summed E-state index contributed by atoms with van der Waals surface area (Å²) in [7, 11) is 1.48. The topological polar surface area (TPSA) is 106 Å². The van der Waals surface area contributed by atoms with Gasteiger partial charge < -0.3 is 25.5 Å². The number of hydrogen-bond donors (Lipinski definition) is 3. The van der Waals surface area contributed by atoms with Gasteiger partial charge >= 0.3 is 0 Å². The van der Waals surface area contributed by atoms with E-state index in [0.29, 0.717) is 30.1 Å². The maximum atomic E-state index is 11.4. The SMILES string of the molecule is COc1cc2c(OCC3CCC(=O)N3)c[nH]c2cc1C(N)=O. The first-order valence-corrected chi connectivity index (χ1v) is 6.99. The Morgan fingerprint density at radius 2 is 2.23 bits per heavy atom. The fourth-order valence-electron chi connectivity index (χ4n) is 2.60. The molecule has 1 aliphatic heterocycles. The number of benzene rings is 1. The van der Waals surface area contributed by atoms with Crippen LogP contribution in [0.1, 0.15) is 23.2 Å². The molecule has 0 radical (unpaired) electrons. The molecule has 7 heteroatoms. The van der Waals surface area contributed by atoms with Crippen LogP contribution in [0.5, 0.6) is 11.5 Å². The van der Waals surface area contributed by atoms with E-state index >= 15 is 0 Å². The van der Waals surface area contributed by atoms with Crippen LogP contribution < -0.4 is 20.5 Å². The van der Waals surface area contributed by atoms with Crippen LogP contribution in [0.4, 0.5) is 0 Å². The van der Waals surface area contributed by atoms with Crippen molar-refractivity contribution in [3.63, 3.8) is 0 Å². The van der Waals surface area contributed by atoms with Gasteiger partial charge in [0.05, 0.1) is 24.2 Å². The number of methoxy groups -OCH3 is 1. The third kappa shape index (κ3) is 2.57. The lowest BCUT2D eigenvalue weighted by atomic mass is 10.1. The molecule has 2 aromatic rings. The van der Waals surface area contributed by atoms with Crippen molar-refractivity contribution in [2.45, 2.75) is 18.9 Å². The number of ether oxygens (including phenoxy) is 2. The predicted octanol–water partition coefficient (Wildman–Crippen LogP) is 0.933. The highest BCUT2D eigenvalue weighted by Gasteiger charge is 2.22. The summed E-state index contributed by atoms with van der Waals surface area (Å²) in [5.41, 5.74) is 6.39. The first-order chi connectivity index (χ1) is 10.6. The van der Waals surface area contributed by atoms with Crippen LogP contribution in [0.15, 0.2) is 18.3 Å². The molecule has 0 aliphatic carbocycles. The lowest BCUT2D eigenvalue weighted by Gasteiger charge is -2.11. The van der Waals surface area contributed by atoms with Gasteiger partial charge in [0.25, 0.3) is 5.91 Å². The van der Waals surface area contributed by atoms with E-state index in [4.69, 9.17) is 15.2 Å². The van der Waals surface area contributed by atoms with Crippen LogP contribution >= 0.6 is 0 Å². The molecular formula is C15H17N3O4. The Kier molecular flexibility index (Phi) is 3.62. The first kappa shape index (κ1) is 14.2. The summed E-state index contributed by atoms with van der Waals surface area (Å²) in [4.78, 5) is 25.6. The van der Waals surface area contributed by atoms with E-state index in [-0.39, 0.29) is 11.9 Å². The molecule has 1 aromatic carbocycles. The molecule has 22 heavy (non-hydrogen) atoms. The lowest BCUT2D eigenvalue weighted by Crippen LogP contribution is -2.30. The standard InChI is InChI=1S/C15H17N3O4/c1-21-12-5-9-11(4-10(12)15(16)20)17-6-13(9)22-7-8-2-3-14(19)18-8/h4-6,8,17H,2-3,7H2,1H3,(H2,16,20)(H,18,19). The molecule has 1 fully saturated rings. The van der Waals surface area contributed by atoms with E-state index in [1.54, 1.807) is 18.3 Å². The summed E-state index contributed by atoms with van der Waals surface area (Å²) in [5.74, 6) is 0.550. The number of amides is 2. The average molecular weight is 303 g/mol. The van der Waals surface area contributed by atoms with E-state index in [0.717, 1.165) is 17.3 Å². The van der Waals surface area contributed by atoms with Crippen molar-refractivity contribution in [2.24, 2.45) is 5.73 Å². The molecule has 0 spiro atoms. The highest BCUT2D eigenvalue weighted by atomic mass is 16.5. The van der Waals surface area contributed by atoms with Crippen molar-refractivity contribution >= 4 is 22.7 Å². The summed E-state index contributed by atoms with van der Waals surface area (Å²) >= 11 is 0. The molecule has 0 bridgehead atoms. The molecule has 2 heterocycles. The lowest BCUT2D eigenvalue weighted by molar-refractivity contribution is -0.119. The monoisotopic (exact) mass is 303 g/mol. The molecule has 1 unspecified atom stereocenters. The van der Waals surface area contributed by atoms with E-state index in [1.165, 1.54) is 7.11 Å². The van der Waals surface area contributed by atoms with Crippen LogP contribution in [-0.4, -0.2) is 36.6 Å². The average Bonchev–Trinajstić information content (AvgIpc) is 3.09. The predicted molar refractivity (Wildman–Crippen MR) is 80.0 cm³/mol. The van der Waals surface area contributed by atoms with Gasteiger partial charge in [-0.05, 0) is 18.6 Å². The third-order valence-electron chi connectivity index (χ3n) is 3.75. The van der Waals surface area contributed by atoms with Crippen molar-refractivity contribution in [1.82, 2.24) is 10.3 Å². The molecule has 4 N–H and O–H groups in total. The van der Waals surface area contributed by atoms with Gasteiger partial charge in [-0.15, -0.1) is 0 Å². The van der Waals surface area contributed by atoms with Crippen molar-refractivity contribution in [3.05, 3.63) is 23.9 Å². The largest absolute Gasteiger partial charge is 0.496 e. The van der Waals surface area contributed by atoms with E-state index in [9.17, 15) is 9.59 Å². The molecule has 1 atom stereocenters. The number of hydrogen-bond acceptors (Lipinski definition) is 4. The van der Waals surface area contributed by atoms with E-state index in [1.807, 2.05) is 0 Å². The molecule has 0 saturated carbocycles. The number of nitrogens with two attached hydrogens (primary N) is 1. The Balaban J connectivity index is 1.84. The summed E-state index contributed by atoms with van der Waals surface area (Å²) in [6, 6.07) is 3.39. The van der Waals surface area contributed by atoms with Gasteiger partial charge in [-0.2, -0.15) is 0 Å². The minimum atomic E-state index is -0.551. The number of primary amides is 1. The van der Waals surface area contributed by atoms with Crippen molar-refractivity contribution in [1.29, 1.82) is 0 Å². The number of aromatic amines is 1. The van der Waals surface area contributed by atoms with Gasteiger partial charge in [0.15, 0.2) is 0 Å². The number of rotatable bonds is 5. The quantitative estimate of drug-likeness (QED) is 0.764. The number of aromatic nitrogens is 1. The zero-order valence-electron chi connectivity index (χ0n) is 12.1. The van der Waals surface area contributed by atoms with E-state index < -0.39 is 5.91 Å². The van der Waals surface area contributed by atoms with Gasteiger partial charge in [0.1, 0.15) is 18.1 Å². The highest BCUT2D eigenvalue weighted by molar-refractivity contribution is 6.01. The van der Waals surface area contributed by atoms with Crippen LogP contribution in [0.2, 0.25) is 0 Å². The molecule has 2 amide bonds. The fraction of sp³-hybridized carbons (Fsp3) is 0.333. The summed E-state index contributed by atoms with van der Waals surface area (Å²) < 4.78 is 11.0. The maximum absolute atomic E-state index is 11.4. The van der Waals surface area contributed by atoms with Gasteiger partial charge in [0, 0.05) is 18.0 Å². The van der Waals surface area contributed by atoms with Crippen LogP contribution in [0.25, 0.3) is 10.9 Å².